The van der Waals surface area contributed by atoms with Crippen molar-refractivity contribution in [2.75, 3.05) is 7.11 Å². The molecule has 2 unspecified atom stereocenters. The summed E-state index contributed by atoms with van der Waals surface area (Å²) in [6, 6.07) is 1.55. The van der Waals surface area contributed by atoms with Crippen molar-refractivity contribution in [3.05, 3.63) is 93.7 Å². The molecular formula is C31H32F6N4O4. The Morgan fingerprint density at radius 3 is 1.71 bits per heavy atom. The third-order valence-electron chi connectivity index (χ3n) is 8.44. The number of nitrogens with zero attached hydrogens (tertiary/aromatic N) is 4. The summed E-state index contributed by atoms with van der Waals surface area (Å²) in [6.45, 7) is 7.50. The van der Waals surface area contributed by atoms with Crippen molar-refractivity contribution in [2.45, 2.75) is 88.3 Å². The first kappa shape index (κ1) is 32.6. The van der Waals surface area contributed by atoms with Crippen LogP contribution in [0.3, 0.4) is 0 Å². The summed E-state index contributed by atoms with van der Waals surface area (Å²) in [7, 11) is 1.45. The van der Waals surface area contributed by atoms with Crippen LogP contribution in [0, 0.1) is 11.6 Å². The van der Waals surface area contributed by atoms with Crippen LogP contribution < -0.4 is 0 Å². The van der Waals surface area contributed by atoms with Crippen LogP contribution in [0.2, 0.25) is 0 Å². The third-order valence-corrected chi connectivity index (χ3v) is 8.44. The third kappa shape index (κ3) is 5.97. The monoisotopic (exact) mass is 638 g/mol. The molecule has 0 saturated carbocycles. The van der Waals surface area contributed by atoms with Crippen LogP contribution in [-0.2, 0) is 39.6 Å². The van der Waals surface area contributed by atoms with Gasteiger partial charge in [0, 0.05) is 53.0 Å². The Balaban J connectivity index is 0.000000178. The number of hydrogen-bond acceptors (Lipinski definition) is 8. The van der Waals surface area contributed by atoms with Crippen LogP contribution >= 0.6 is 0 Å². The molecular weight excluding hydrogens is 606 g/mol. The molecule has 1 N–H and O–H groups in total. The summed E-state index contributed by atoms with van der Waals surface area (Å²) in [5, 5.41) is 18.5. The molecule has 14 heteroatoms. The number of methoxy groups -OCH3 is 1. The van der Waals surface area contributed by atoms with Gasteiger partial charge in [0.25, 0.3) is 12.9 Å². The lowest BCUT2D eigenvalue weighted by atomic mass is 9.68. The van der Waals surface area contributed by atoms with Gasteiger partial charge in [-0.1, -0.05) is 38.0 Å². The Bertz CT molecular complexity index is 1690. The molecule has 242 valence electrons. The van der Waals surface area contributed by atoms with E-state index in [0.717, 1.165) is 30.1 Å². The van der Waals surface area contributed by atoms with Crippen LogP contribution in [0.4, 0.5) is 26.3 Å². The molecule has 0 aliphatic heterocycles. The lowest BCUT2D eigenvalue weighted by Crippen LogP contribution is -2.43. The SMILES string of the molecule is CC1(C)CC(O)(c2ncc(F)cc2C(F)F)Cc2cnoc21.COC1(c2ncc(F)cc2C(F)F)Cc2cnoc2C(C)(C)C1. The molecule has 8 nitrogen and oxygen atoms in total. The zero-order valence-corrected chi connectivity index (χ0v) is 25.2. The normalized spacial score (nSPS) is 23.3. The summed E-state index contributed by atoms with van der Waals surface area (Å²) >= 11 is 0. The molecule has 4 heterocycles. The minimum absolute atomic E-state index is 0.0492. The number of pyridine rings is 2. The van der Waals surface area contributed by atoms with Crippen LogP contribution in [0.5, 0.6) is 0 Å². The molecule has 4 aromatic rings. The molecule has 2 aliphatic rings. The number of aromatic nitrogens is 4. The maximum absolute atomic E-state index is 13.4. The van der Waals surface area contributed by atoms with Gasteiger partial charge in [0.1, 0.15) is 34.4 Å². The number of hydrogen-bond donors (Lipinski definition) is 1. The minimum atomic E-state index is -2.92. The second kappa shape index (κ2) is 11.5. The Kier molecular flexibility index (Phi) is 8.36. The van der Waals surface area contributed by atoms with E-state index in [-0.39, 0.29) is 24.2 Å². The average Bonchev–Trinajstić information content (AvgIpc) is 3.63. The maximum Gasteiger partial charge on any atom is 0.265 e. The second-order valence-electron chi connectivity index (χ2n) is 12.8. The van der Waals surface area contributed by atoms with Gasteiger partial charge in [0.15, 0.2) is 0 Å². The van der Waals surface area contributed by atoms with Gasteiger partial charge in [0.05, 0.1) is 36.2 Å². The topological polar surface area (TPSA) is 107 Å². The van der Waals surface area contributed by atoms with E-state index in [9.17, 15) is 31.4 Å². The number of halogens is 6. The summed E-state index contributed by atoms with van der Waals surface area (Å²) < 4.78 is 96.0. The molecule has 0 radical (unpaired) electrons. The van der Waals surface area contributed by atoms with Gasteiger partial charge in [-0.25, -0.2) is 26.3 Å². The van der Waals surface area contributed by atoms with Crippen molar-refractivity contribution in [3.63, 3.8) is 0 Å². The molecule has 0 aromatic carbocycles. The molecule has 2 atom stereocenters. The highest BCUT2D eigenvalue weighted by atomic mass is 19.3. The molecule has 0 saturated heterocycles. The quantitative estimate of drug-likeness (QED) is 0.229. The summed E-state index contributed by atoms with van der Waals surface area (Å²) in [6.07, 6.45) is -0.105. The van der Waals surface area contributed by atoms with E-state index in [0.29, 0.717) is 29.9 Å². The second-order valence-corrected chi connectivity index (χ2v) is 12.8. The predicted molar refractivity (Wildman–Crippen MR) is 147 cm³/mol. The average molecular weight is 639 g/mol. The van der Waals surface area contributed by atoms with Gasteiger partial charge in [-0.2, -0.15) is 0 Å². The Hall–Kier alpha value is -3.78. The Morgan fingerprint density at radius 2 is 1.20 bits per heavy atom. The van der Waals surface area contributed by atoms with Crippen LogP contribution in [0.15, 0.2) is 46.0 Å². The molecule has 45 heavy (non-hydrogen) atoms. The van der Waals surface area contributed by atoms with E-state index in [4.69, 9.17) is 13.8 Å². The van der Waals surface area contributed by atoms with E-state index < -0.39 is 57.6 Å². The van der Waals surface area contributed by atoms with Crippen molar-refractivity contribution < 1.29 is 45.2 Å². The molecule has 6 rings (SSSR count). The molecule has 2 aliphatic carbocycles. The van der Waals surface area contributed by atoms with Crippen LogP contribution in [-0.4, -0.2) is 32.5 Å². The van der Waals surface area contributed by atoms with Crippen molar-refractivity contribution in [1.82, 2.24) is 20.3 Å². The Labute approximate surface area is 254 Å². The number of rotatable bonds is 5. The van der Waals surface area contributed by atoms with E-state index >= 15 is 0 Å². The lowest BCUT2D eigenvalue weighted by Gasteiger charge is -2.42. The van der Waals surface area contributed by atoms with E-state index in [1.807, 2.05) is 27.7 Å². The number of aliphatic hydroxyl groups is 1. The summed E-state index contributed by atoms with van der Waals surface area (Å²) in [4.78, 5) is 7.72. The fourth-order valence-electron chi connectivity index (χ4n) is 6.83. The molecule has 0 fully saturated rings. The summed E-state index contributed by atoms with van der Waals surface area (Å²) in [5.74, 6) is -0.316. The molecule has 0 bridgehead atoms. The standard InChI is InChI=1S/C16H17F3N2O2.C15H15F3N2O2/c1-15(2)8-16(22-3,5-9-6-21-23-13(9)15)12-11(14(18)19)4-10(17)7-20-12;1-14(2)7-15(21,4-8-5-20-22-12(8)14)11-10(13(17)18)3-9(16)6-19-11/h4,6-7,14H,5,8H2,1-3H3;3,5-6,13,21H,4,7H2,1-2H3. The fourth-order valence-corrected chi connectivity index (χ4v) is 6.83. The van der Waals surface area contributed by atoms with Gasteiger partial charge in [-0.05, 0) is 25.0 Å². The van der Waals surface area contributed by atoms with Crippen molar-refractivity contribution >= 4 is 0 Å². The van der Waals surface area contributed by atoms with E-state index in [1.54, 1.807) is 6.20 Å². The molecule has 0 spiro atoms. The predicted octanol–water partition coefficient (Wildman–Crippen LogP) is 7.17. The summed E-state index contributed by atoms with van der Waals surface area (Å²) in [5.41, 5.74) is -3.51. The maximum atomic E-state index is 13.4. The highest BCUT2D eigenvalue weighted by molar-refractivity contribution is 5.37. The van der Waals surface area contributed by atoms with Gasteiger partial charge < -0.3 is 18.9 Å². The highest BCUT2D eigenvalue weighted by Crippen LogP contribution is 2.50. The largest absolute Gasteiger partial charge is 0.383 e. The van der Waals surface area contributed by atoms with Gasteiger partial charge >= 0.3 is 0 Å². The van der Waals surface area contributed by atoms with Gasteiger partial charge in [-0.15, -0.1) is 0 Å². The Morgan fingerprint density at radius 1 is 0.733 bits per heavy atom. The zero-order valence-electron chi connectivity index (χ0n) is 25.2. The fraction of sp³-hybridized carbons (Fsp3) is 0.484. The number of ether oxygens (including phenoxy) is 1. The van der Waals surface area contributed by atoms with E-state index in [1.165, 1.54) is 13.3 Å². The number of alkyl halides is 4. The smallest absolute Gasteiger partial charge is 0.265 e. The van der Waals surface area contributed by atoms with Crippen molar-refractivity contribution in [3.8, 4) is 0 Å². The van der Waals surface area contributed by atoms with E-state index in [2.05, 4.69) is 20.3 Å². The van der Waals surface area contributed by atoms with Gasteiger partial charge in [0.2, 0.25) is 0 Å². The first-order chi connectivity index (χ1) is 21.0. The van der Waals surface area contributed by atoms with Crippen LogP contribution in [0.1, 0.15) is 98.5 Å². The van der Waals surface area contributed by atoms with Crippen LogP contribution in [0.25, 0.3) is 0 Å². The highest BCUT2D eigenvalue weighted by Gasteiger charge is 2.50. The van der Waals surface area contributed by atoms with Crippen molar-refractivity contribution in [2.24, 2.45) is 0 Å². The first-order valence-electron chi connectivity index (χ1n) is 14.1. The van der Waals surface area contributed by atoms with Crippen molar-refractivity contribution in [1.29, 1.82) is 0 Å². The molecule has 4 aromatic heterocycles. The molecule has 0 amide bonds. The van der Waals surface area contributed by atoms with Gasteiger partial charge in [-0.3, -0.25) is 9.97 Å². The zero-order chi connectivity index (χ0) is 32.9. The first-order valence-corrected chi connectivity index (χ1v) is 14.1. The minimum Gasteiger partial charge on any atom is -0.383 e. The lowest BCUT2D eigenvalue weighted by molar-refractivity contribution is -0.0534. The number of fused-ring (bicyclic) bond motifs is 2.